The topological polar surface area (TPSA) is 36.9 Å². The van der Waals surface area contributed by atoms with Gasteiger partial charge in [-0.15, -0.1) is 0 Å². The first-order valence-corrected chi connectivity index (χ1v) is 11.2. The molecule has 0 unspecified atom stereocenters. The fourth-order valence-electron chi connectivity index (χ4n) is 3.70. The second-order valence-corrected chi connectivity index (χ2v) is 8.83. The zero-order valence-electron chi connectivity index (χ0n) is 19.9. The summed E-state index contributed by atoms with van der Waals surface area (Å²) < 4.78 is 23.2. The van der Waals surface area contributed by atoms with Crippen LogP contribution in [0.4, 0.5) is 0 Å². The number of methoxy groups -OCH3 is 1. The van der Waals surface area contributed by atoms with E-state index in [0.29, 0.717) is 19.1 Å². The molecular weight excluding hydrogens is 388 g/mol. The number of benzene rings is 1. The summed E-state index contributed by atoms with van der Waals surface area (Å²) in [6.45, 7) is 13.2. The SMILES string of the molecule is C=[C-]C[C@@H](C)C[C@@H]1OC(C)(C)O[C@H]1/C=C/CC/C=C(\C)COCc1ccc(OC)cc1. The molecule has 0 saturated carbocycles. The van der Waals surface area contributed by atoms with Gasteiger partial charge in [-0.1, -0.05) is 48.8 Å². The van der Waals surface area contributed by atoms with Crippen molar-refractivity contribution in [1.29, 1.82) is 0 Å². The number of hydrogen-bond acceptors (Lipinski definition) is 4. The van der Waals surface area contributed by atoms with Crippen LogP contribution >= 0.6 is 0 Å². The van der Waals surface area contributed by atoms with Gasteiger partial charge in [0.1, 0.15) is 11.9 Å². The van der Waals surface area contributed by atoms with E-state index in [1.54, 1.807) is 7.11 Å². The molecule has 0 aliphatic carbocycles. The van der Waals surface area contributed by atoms with Crippen molar-refractivity contribution in [3.63, 3.8) is 0 Å². The standard InChI is InChI=1S/C27H39O4/c1-7-11-21(2)18-26-25(30-27(4,5)31-26)13-10-8-9-12-22(3)19-29-20-23-14-16-24(28-6)17-15-23/h10,12-17,21,25-26H,1,8-9,11,18-20H2,2-6H3/q-1/b13-10+,22-12+/t21-,25+,26+/m1/s1. The molecule has 0 amide bonds. The van der Waals surface area contributed by atoms with Gasteiger partial charge in [0, 0.05) is 0 Å². The minimum atomic E-state index is -0.533. The largest absolute Gasteiger partial charge is 0.504 e. The molecule has 2 rings (SSSR count). The Morgan fingerprint density at radius 2 is 1.97 bits per heavy atom. The van der Waals surface area contributed by atoms with Gasteiger partial charge in [-0.25, -0.2) is 0 Å². The molecule has 1 aromatic carbocycles. The summed E-state index contributed by atoms with van der Waals surface area (Å²) in [5.41, 5.74) is 2.39. The van der Waals surface area contributed by atoms with Gasteiger partial charge >= 0.3 is 0 Å². The normalized spacial score (nSPS) is 22.0. The van der Waals surface area contributed by atoms with Crippen LogP contribution in [-0.2, 0) is 20.8 Å². The summed E-state index contributed by atoms with van der Waals surface area (Å²) in [6.07, 6.45) is 13.5. The molecular formula is C27H39O4-. The molecule has 172 valence electrons. The highest BCUT2D eigenvalue weighted by Crippen LogP contribution is 2.33. The second kappa shape index (κ2) is 12.8. The van der Waals surface area contributed by atoms with E-state index in [-0.39, 0.29) is 12.2 Å². The molecule has 1 heterocycles. The molecule has 31 heavy (non-hydrogen) atoms. The van der Waals surface area contributed by atoms with E-state index < -0.39 is 5.79 Å². The molecule has 4 nitrogen and oxygen atoms in total. The maximum Gasteiger partial charge on any atom is 0.164 e. The lowest BCUT2D eigenvalue weighted by molar-refractivity contribution is -0.144. The van der Waals surface area contributed by atoms with Gasteiger partial charge in [-0.3, -0.25) is 6.58 Å². The third-order valence-corrected chi connectivity index (χ3v) is 5.26. The smallest absolute Gasteiger partial charge is 0.164 e. The van der Waals surface area contributed by atoms with Crippen LogP contribution in [0.3, 0.4) is 0 Å². The number of rotatable bonds is 13. The Bertz CT molecular complexity index is 717. The zero-order valence-corrected chi connectivity index (χ0v) is 19.9. The van der Waals surface area contributed by atoms with Crippen molar-refractivity contribution in [1.82, 2.24) is 0 Å². The third kappa shape index (κ3) is 9.42. The Morgan fingerprint density at radius 1 is 1.23 bits per heavy atom. The van der Waals surface area contributed by atoms with Crippen molar-refractivity contribution >= 4 is 0 Å². The lowest BCUT2D eigenvalue weighted by Crippen LogP contribution is -2.23. The van der Waals surface area contributed by atoms with Gasteiger partial charge in [0.05, 0.1) is 26.4 Å². The molecule has 0 aromatic heterocycles. The van der Waals surface area contributed by atoms with Crippen LogP contribution in [0.5, 0.6) is 5.75 Å². The molecule has 4 heteroatoms. The van der Waals surface area contributed by atoms with Crippen LogP contribution in [-0.4, -0.2) is 31.7 Å². The first kappa shape index (κ1) is 25.4. The van der Waals surface area contributed by atoms with Crippen molar-refractivity contribution in [2.75, 3.05) is 13.7 Å². The first-order chi connectivity index (χ1) is 14.8. The Balaban J connectivity index is 1.71. The molecule has 1 saturated heterocycles. The Labute approximate surface area is 188 Å². The van der Waals surface area contributed by atoms with E-state index in [9.17, 15) is 0 Å². The predicted molar refractivity (Wildman–Crippen MR) is 126 cm³/mol. The lowest BCUT2D eigenvalue weighted by atomic mass is 9.97. The van der Waals surface area contributed by atoms with Crippen LogP contribution in [0.15, 0.2) is 54.6 Å². The van der Waals surface area contributed by atoms with Crippen molar-refractivity contribution in [2.24, 2.45) is 5.92 Å². The molecule has 1 aliphatic heterocycles. The fraction of sp³-hybridized carbons (Fsp3) is 0.556. The van der Waals surface area contributed by atoms with Gasteiger partial charge < -0.3 is 25.0 Å². The molecule has 0 spiro atoms. The van der Waals surface area contributed by atoms with Crippen LogP contribution < -0.4 is 4.74 Å². The van der Waals surface area contributed by atoms with Crippen LogP contribution in [0.2, 0.25) is 0 Å². The van der Waals surface area contributed by atoms with Crippen molar-refractivity contribution < 1.29 is 18.9 Å². The van der Waals surface area contributed by atoms with Gasteiger partial charge in [-0.05, 0) is 57.7 Å². The minimum Gasteiger partial charge on any atom is -0.504 e. The number of hydrogen-bond donors (Lipinski definition) is 0. The fourth-order valence-corrected chi connectivity index (χ4v) is 3.70. The van der Waals surface area contributed by atoms with E-state index in [1.165, 1.54) is 5.57 Å². The molecule has 1 fully saturated rings. The summed E-state index contributed by atoms with van der Waals surface area (Å²) in [6, 6.07) is 7.97. The number of allylic oxidation sites excluding steroid dienone is 3. The van der Waals surface area contributed by atoms with Crippen molar-refractivity contribution in [3.8, 4) is 5.75 Å². The molecule has 3 atom stereocenters. The summed E-state index contributed by atoms with van der Waals surface area (Å²) >= 11 is 0. The third-order valence-electron chi connectivity index (χ3n) is 5.26. The van der Waals surface area contributed by atoms with Gasteiger partial charge in [-0.2, -0.15) is 6.42 Å². The van der Waals surface area contributed by atoms with E-state index in [1.807, 2.05) is 38.1 Å². The van der Waals surface area contributed by atoms with E-state index in [0.717, 1.165) is 37.0 Å². The Hall–Kier alpha value is -1.88. The van der Waals surface area contributed by atoms with E-state index in [4.69, 9.17) is 18.9 Å². The Kier molecular flexibility index (Phi) is 10.5. The van der Waals surface area contributed by atoms with Crippen LogP contribution in [0, 0.1) is 12.0 Å². The second-order valence-electron chi connectivity index (χ2n) is 8.83. The maximum atomic E-state index is 6.11. The highest BCUT2D eigenvalue weighted by molar-refractivity contribution is 5.26. The first-order valence-electron chi connectivity index (χ1n) is 11.2. The number of ether oxygens (including phenoxy) is 4. The molecule has 1 aliphatic rings. The summed E-state index contributed by atoms with van der Waals surface area (Å²) in [4.78, 5) is 0. The summed E-state index contributed by atoms with van der Waals surface area (Å²) in [5.74, 6) is 0.816. The lowest BCUT2D eigenvalue weighted by Gasteiger charge is -2.21. The predicted octanol–water partition coefficient (Wildman–Crippen LogP) is 6.42. The van der Waals surface area contributed by atoms with Crippen molar-refractivity contribution in [3.05, 3.63) is 66.3 Å². The minimum absolute atomic E-state index is 0.000159. The van der Waals surface area contributed by atoms with Gasteiger partial charge in [0.15, 0.2) is 5.79 Å². The van der Waals surface area contributed by atoms with Crippen LogP contribution in [0.25, 0.3) is 0 Å². The average Bonchev–Trinajstić information content (AvgIpc) is 3.01. The quantitative estimate of drug-likeness (QED) is 0.207. The summed E-state index contributed by atoms with van der Waals surface area (Å²) in [5, 5.41) is 0. The monoisotopic (exact) mass is 427 g/mol. The highest BCUT2D eigenvalue weighted by Gasteiger charge is 2.39. The maximum absolute atomic E-state index is 6.11. The molecule has 0 bridgehead atoms. The average molecular weight is 428 g/mol. The highest BCUT2D eigenvalue weighted by atomic mass is 16.7. The molecule has 0 N–H and O–H groups in total. The van der Waals surface area contributed by atoms with Gasteiger partial charge in [0.2, 0.25) is 0 Å². The summed E-state index contributed by atoms with van der Waals surface area (Å²) in [7, 11) is 1.67. The van der Waals surface area contributed by atoms with E-state index in [2.05, 4.69) is 44.7 Å². The Morgan fingerprint density at radius 3 is 2.65 bits per heavy atom. The van der Waals surface area contributed by atoms with E-state index >= 15 is 0 Å². The molecule has 0 radical (unpaired) electrons. The van der Waals surface area contributed by atoms with Crippen molar-refractivity contribution in [2.45, 2.75) is 78.0 Å². The van der Waals surface area contributed by atoms with Gasteiger partial charge in [0.25, 0.3) is 0 Å². The molecule has 1 aromatic rings. The number of unbranched alkanes of at least 4 members (excludes halogenated alkanes) is 1. The van der Waals surface area contributed by atoms with Crippen LogP contribution in [0.1, 0.15) is 58.9 Å². The zero-order chi connectivity index (χ0) is 22.7.